The Morgan fingerprint density at radius 2 is 1.41 bits per heavy atom. The maximum absolute atomic E-state index is 12.4. The first-order valence-electron chi connectivity index (χ1n) is 10.9. The molecule has 0 spiro atoms. The highest BCUT2D eigenvalue weighted by atomic mass is 32.1. The molecule has 3 aromatic rings. The Morgan fingerprint density at radius 3 is 2.03 bits per heavy atom. The van der Waals surface area contributed by atoms with Gasteiger partial charge in [-0.25, -0.2) is 0 Å². The van der Waals surface area contributed by atoms with Gasteiger partial charge >= 0.3 is 0 Å². The van der Waals surface area contributed by atoms with E-state index in [1.165, 1.54) is 0 Å². The van der Waals surface area contributed by atoms with Crippen molar-refractivity contribution in [3.63, 3.8) is 0 Å². The van der Waals surface area contributed by atoms with E-state index in [1.54, 1.807) is 48.5 Å². The Labute approximate surface area is 204 Å². The molecule has 7 nitrogen and oxygen atoms in total. The van der Waals surface area contributed by atoms with E-state index in [2.05, 4.69) is 16.2 Å². The average Bonchev–Trinajstić information content (AvgIpc) is 2.87. The zero-order valence-electron chi connectivity index (χ0n) is 19.0. The number of benzene rings is 3. The lowest BCUT2D eigenvalue weighted by atomic mass is 10.2. The van der Waals surface area contributed by atoms with Gasteiger partial charge in [-0.15, -0.1) is 0 Å². The maximum atomic E-state index is 12.4. The highest BCUT2D eigenvalue weighted by Crippen LogP contribution is 2.15. The number of ether oxygens (including phenoxy) is 2. The monoisotopic (exact) mass is 477 g/mol. The van der Waals surface area contributed by atoms with Gasteiger partial charge in [0.2, 0.25) is 0 Å². The van der Waals surface area contributed by atoms with Gasteiger partial charge in [-0.2, -0.15) is 0 Å². The summed E-state index contributed by atoms with van der Waals surface area (Å²) in [5.74, 6) is 0.534. The first-order chi connectivity index (χ1) is 16.4. The largest absolute Gasteiger partial charge is 0.491 e. The maximum Gasteiger partial charge on any atom is 0.269 e. The molecule has 3 N–H and O–H groups in total. The lowest BCUT2D eigenvalue weighted by molar-refractivity contribution is 0.0934. The molecule has 0 bridgehead atoms. The summed E-state index contributed by atoms with van der Waals surface area (Å²) in [7, 11) is 0. The van der Waals surface area contributed by atoms with Gasteiger partial charge in [-0.1, -0.05) is 37.3 Å². The Kier molecular flexibility index (Phi) is 8.99. The summed E-state index contributed by atoms with van der Waals surface area (Å²) in [5, 5.41) is 2.49. The molecular formula is C26H27N3O4S. The Morgan fingerprint density at radius 1 is 0.824 bits per heavy atom. The number of thiocarbonyl (C=S) groups is 1. The third-order valence-corrected chi connectivity index (χ3v) is 5.11. The third kappa shape index (κ3) is 7.60. The zero-order valence-corrected chi connectivity index (χ0v) is 19.9. The molecule has 3 rings (SSSR count). The van der Waals surface area contributed by atoms with Crippen LogP contribution in [0.25, 0.3) is 0 Å². The van der Waals surface area contributed by atoms with E-state index in [4.69, 9.17) is 21.7 Å². The van der Waals surface area contributed by atoms with Crippen LogP contribution in [-0.2, 0) is 6.61 Å². The fourth-order valence-electron chi connectivity index (χ4n) is 2.84. The molecule has 8 heteroatoms. The third-order valence-electron chi connectivity index (χ3n) is 4.91. The Balaban J connectivity index is 1.43. The second-order valence-corrected chi connectivity index (χ2v) is 7.93. The highest BCUT2D eigenvalue weighted by Gasteiger charge is 2.11. The summed E-state index contributed by atoms with van der Waals surface area (Å²) >= 11 is 5.10. The molecule has 34 heavy (non-hydrogen) atoms. The summed E-state index contributed by atoms with van der Waals surface area (Å²) < 4.78 is 11.4. The number of rotatable bonds is 8. The molecule has 1 unspecified atom stereocenters. The number of nitrogens with one attached hydrogen (secondary N) is 3. The van der Waals surface area contributed by atoms with E-state index < -0.39 is 11.8 Å². The molecule has 3 aromatic carbocycles. The van der Waals surface area contributed by atoms with Crippen LogP contribution in [-0.4, -0.2) is 23.0 Å². The van der Waals surface area contributed by atoms with Crippen molar-refractivity contribution in [2.45, 2.75) is 33.0 Å². The fraction of sp³-hybridized carbons (Fsp3) is 0.192. The predicted octanol–water partition coefficient (Wildman–Crippen LogP) is 4.39. The first-order valence-corrected chi connectivity index (χ1v) is 11.3. The minimum atomic E-state index is -0.405. The first kappa shape index (κ1) is 24.7. The lowest BCUT2D eigenvalue weighted by Gasteiger charge is -2.13. The normalized spacial score (nSPS) is 11.1. The molecule has 0 aliphatic carbocycles. The van der Waals surface area contributed by atoms with E-state index in [9.17, 15) is 9.59 Å². The summed E-state index contributed by atoms with van der Waals surface area (Å²) in [6.07, 6.45) is 0.984. The quantitative estimate of drug-likeness (QED) is 0.329. The van der Waals surface area contributed by atoms with Crippen LogP contribution >= 0.6 is 12.2 Å². The zero-order chi connectivity index (χ0) is 24.3. The molecule has 0 saturated carbocycles. The van der Waals surface area contributed by atoms with Gasteiger partial charge in [0.25, 0.3) is 11.8 Å². The van der Waals surface area contributed by atoms with E-state index in [-0.39, 0.29) is 11.2 Å². The molecule has 2 amide bonds. The van der Waals surface area contributed by atoms with Crippen molar-refractivity contribution in [1.82, 2.24) is 16.2 Å². The molecule has 0 aromatic heterocycles. The molecule has 0 saturated heterocycles. The van der Waals surface area contributed by atoms with Crippen molar-refractivity contribution >= 4 is 29.1 Å². The molecular weight excluding hydrogens is 450 g/mol. The number of hydrazine groups is 1. The van der Waals surface area contributed by atoms with Gasteiger partial charge in [0.1, 0.15) is 18.1 Å². The summed E-state index contributed by atoms with van der Waals surface area (Å²) in [4.78, 5) is 24.7. The van der Waals surface area contributed by atoms with Crippen LogP contribution < -0.4 is 25.6 Å². The van der Waals surface area contributed by atoms with Crippen molar-refractivity contribution < 1.29 is 19.1 Å². The van der Waals surface area contributed by atoms with Gasteiger partial charge in [-0.3, -0.25) is 25.8 Å². The van der Waals surface area contributed by atoms with Crippen LogP contribution in [0.2, 0.25) is 0 Å². The smallest absolute Gasteiger partial charge is 0.269 e. The van der Waals surface area contributed by atoms with Gasteiger partial charge < -0.3 is 9.47 Å². The molecule has 1 atom stereocenters. The van der Waals surface area contributed by atoms with Gasteiger partial charge in [-0.05, 0) is 79.7 Å². The molecule has 0 heterocycles. The average molecular weight is 478 g/mol. The highest BCUT2D eigenvalue weighted by molar-refractivity contribution is 7.80. The summed E-state index contributed by atoms with van der Waals surface area (Å²) in [5.41, 5.74) is 6.87. The van der Waals surface area contributed by atoms with Crippen molar-refractivity contribution in [2.24, 2.45) is 0 Å². The topological polar surface area (TPSA) is 88.7 Å². The molecule has 0 aliphatic rings. The van der Waals surface area contributed by atoms with Crippen LogP contribution in [0, 0.1) is 0 Å². The van der Waals surface area contributed by atoms with Crippen molar-refractivity contribution in [3.8, 4) is 11.5 Å². The van der Waals surface area contributed by atoms with Crippen molar-refractivity contribution in [1.29, 1.82) is 0 Å². The SMILES string of the molecule is CCC(C)Oc1ccc(C(=O)NC(=S)NNC(=O)c2ccc(OCc3ccccc3)cc2)cc1. The number of hydrogen-bond acceptors (Lipinski definition) is 5. The minimum Gasteiger partial charge on any atom is -0.491 e. The van der Waals surface area contributed by atoms with Crippen LogP contribution in [0.1, 0.15) is 46.5 Å². The Bertz CT molecular complexity index is 1100. The van der Waals surface area contributed by atoms with Gasteiger partial charge in [0.15, 0.2) is 5.11 Å². The predicted molar refractivity (Wildman–Crippen MR) is 135 cm³/mol. The molecule has 0 aliphatic heterocycles. The number of carbonyl (C=O) groups excluding carboxylic acids is 2. The second-order valence-electron chi connectivity index (χ2n) is 7.52. The minimum absolute atomic E-state index is 0.0268. The summed E-state index contributed by atoms with van der Waals surface area (Å²) in [6.45, 7) is 4.46. The van der Waals surface area contributed by atoms with E-state index in [0.717, 1.165) is 12.0 Å². The van der Waals surface area contributed by atoms with Crippen LogP contribution in [0.4, 0.5) is 0 Å². The van der Waals surface area contributed by atoms with Crippen LogP contribution in [0.3, 0.4) is 0 Å². The van der Waals surface area contributed by atoms with E-state index in [1.807, 2.05) is 44.2 Å². The van der Waals surface area contributed by atoms with Gasteiger partial charge in [0, 0.05) is 11.1 Å². The van der Waals surface area contributed by atoms with E-state index in [0.29, 0.717) is 29.2 Å². The second kappa shape index (κ2) is 12.4. The van der Waals surface area contributed by atoms with Crippen molar-refractivity contribution in [3.05, 3.63) is 95.6 Å². The van der Waals surface area contributed by atoms with Gasteiger partial charge in [0.05, 0.1) is 6.10 Å². The van der Waals surface area contributed by atoms with Crippen LogP contribution in [0.15, 0.2) is 78.9 Å². The van der Waals surface area contributed by atoms with Crippen LogP contribution in [0.5, 0.6) is 11.5 Å². The summed E-state index contributed by atoms with van der Waals surface area (Å²) in [6, 6.07) is 23.3. The Hall–Kier alpha value is -3.91. The van der Waals surface area contributed by atoms with Crippen molar-refractivity contribution in [2.75, 3.05) is 0 Å². The van der Waals surface area contributed by atoms with E-state index >= 15 is 0 Å². The molecule has 0 radical (unpaired) electrons. The lowest BCUT2D eigenvalue weighted by Crippen LogP contribution is -2.48. The number of hydrogen-bond donors (Lipinski definition) is 3. The number of carbonyl (C=O) groups is 2. The number of amides is 2. The fourth-order valence-corrected chi connectivity index (χ4v) is 2.98. The molecule has 0 fully saturated rings. The standard InChI is InChI=1S/C26H27N3O4S/c1-3-18(2)33-23-15-11-20(12-16-23)24(30)27-26(34)29-28-25(31)21-9-13-22(14-10-21)32-17-19-7-5-4-6-8-19/h4-16,18H,3,17H2,1-2H3,(H,28,31)(H2,27,29,30,34). The molecule has 176 valence electrons.